The number of phenols is 4. The molecule has 4 aromatic carbocycles. The smallest absolute Gasteiger partial charge is 0.126 e. The maximum atomic E-state index is 11.4. The Kier molecular flexibility index (Phi) is 18.9. The molecule has 0 aliphatic heterocycles. The predicted octanol–water partition coefficient (Wildman–Crippen LogP) is 13.0. The summed E-state index contributed by atoms with van der Waals surface area (Å²) in [6.07, 6.45) is 18.1. The van der Waals surface area contributed by atoms with Crippen molar-refractivity contribution in [3.63, 3.8) is 0 Å². The van der Waals surface area contributed by atoms with Crippen molar-refractivity contribution in [1.29, 1.82) is 0 Å². The summed E-state index contributed by atoms with van der Waals surface area (Å²) < 4.78 is 26.9. The monoisotopic (exact) mass is 825 g/mol. The van der Waals surface area contributed by atoms with E-state index >= 15 is 0 Å². The maximum absolute atomic E-state index is 11.4. The van der Waals surface area contributed by atoms with Crippen LogP contribution in [0.25, 0.3) is 0 Å². The first-order chi connectivity index (χ1) is 29.2. The Hall–Kier alpha value is -4.72. The number of hydrogen-bond acceptors (Lipinski definition) is 8. The summed E-state index contributed by atoms with van der Waals surface area (Å²) in [5.41, 5.74) is 6.21. The van der Waals surface area contributed by atoms with Crippen LogP contribution in [0.4, 0.5) is 0 Å². The Morgan fingerprint density at radius 1 is 0.300 bits per heavy atom. The zero-order chi connectivity index (χ0) is 42.7. The Morgan fingerprint density at radius 3 is 0.650 bits per heavy atom. The highest BCUT2D eigenvalue weighted by atomic mass is 16.5. The molecule has 328 valence electrons. The molecule has 1 aliphatic carbocycles. The van der Waals surface area contributed by atoms with Crippen molar-refractivity contribution in [2.24, 2.45) is 0 Å². The molecule has 4 aromatic rings. The van der Waals surface area contributed by atoms with Gasteiger partial charge in [0.1, 0.15) is 46.0 Å². The molecule has 8 heteroatoms. The van der Waals surface area contributed by atoms with E-state index in [-0.39, 0.29) is 23.0 Å². The Bertz CT molecular complexity index is 1560. The van der Waals surface area contributed by atoms with Crippen molar-refractivity contribution >= 4 is 0 Å². The van der Waals surface area contributed by atoms with E-state index in [0.29, 0.717) is 75.1 Å². The highest BCUT2D eigenvalue weighted by Crippen LogP contribution is 2.43. The second-order valence-electron chi connectivity index (χ2n) is 16.7. The number of ether oxygens (including phenoxy) is 4. The number of fused-ring (bicyclic) bond motifs is 8. The summed E-state index contributed by atoms with van der Waals surface area (Å²) in [4.78, 5) is 0. The largest absolute Gasteiger partial charge is 0.508 e. The molecule has 0 saturated heterocycles. The second kappa shape index (κ2) is 24.5. The van der Waals surface area contributed by atoms with E-state index in [4.69, 9.17) is 18.9 Å². The van der Waals surface area contributed by atoms with Crippen molar-refractivity contribution in [3.8, 4) is 46.0 Å². The van der Waals surface area contributed by atoms with Gasteiger partial charge in [-0.25, -0.2) is 0 Å². The number of phenolic OH excluding ortho intramolecular Hbond substituents is 4. The van der Waals surface area contributed by atoms with E-state index in [9.17, 15) is 20.4 Å². The number of hydrogen-bond donors (Lipinski definition) is 4. The minimum absolute atomic E-state index is 0.107. The van der Waals surface area contributed by atoms with Gasteiger partial charge in [-0.05, 0) is 74.2 Å². The van der Waals surface area contributed by atoms with E-state index in [0.717, 1.165) is 147 Å². The van der Waals surface area contributed by atoms with Crippen molar-refractivity contribution < 1.29 is 39.4 Å². The molecule has 1 aliphatic rings. The van der Waals surface area contributed by atoms with Crippen LogP contribution in [-0.2, 0) is 25.7 Å². The third kappa shape index (κ3) is 13.7. The van der Waals surface area contributed by atoms with Gasteiger partial charge in [0.25, 0.3) is 0 Å². The van der Waals surface area contributed by atoms with Gasteiger partial charge in [-0.15, -0.1) is 0 Å². The molecule has 5 rings (SSSR count). The fourth-order valence-electron chi connectivity index (χ4n) is 8.37. The van der Waals surface area contributed by atoms with Gasteiger partial charge in [0.2, 0.25) is 0 Å². The van der Waals surface area contributed by atoms with Crippen LogP contribution in [0.5, 0.6) is 46.0 Å². The fourth-order valence-corrected chi connectivity index (χ4v) is 8.37. The van der Waals surface area contributed by atoms with Crippen molar-refractivity contribution in [2.45, 2.75) is 156 Å². The van der Waals surface area contributed by atoms with Crippen molar-refractivity contribution in [2.75, 3.05) is 26.4 Å². The Morgan fingerprint density at radius 2 is 0.483 bits per heavy atom. The summed E-state index contributed by atoms with van der Waals surface area (Å²) in [5.74, 6) is 3.16. The summed E-state index contributed by atoms with van der Waals surface area (Å²) >= 11 is 0. The lowest BCUT2D eigenvalue weighted by atomic mass is 9.90. The molecular weight excluding hydrogens is 753 g/mol. The van der Waals surface area contributed by atoms with Crippen LogP contribution in [0.15, 0.2) is 48.5 Å². The lowest BCUT2D eigenvalue weighted by Crippen LogP contribution is -2.10. The molecule has 0 aromatic heterocycles. The quantitative estimate of drug-likeness (QED) is 0.0454. The fraction of sp³-hybridized carbons (Fsp3) is 0.538. The minimum Gasteiger partial charge on any atom is -0.508 e. The molecule has 0 fully saturated rings. The third-order valence-corrected chi connectivity index (χ3v) is 11.4. The summed E-state index contributed by atoms with van der Waals surface area (Å²) in [5, 5.41) is 45.5. The summed E-state index contributed by atoms with van der Waals surface area (Å²) in [7, 11) is 0. The SMILES string of the molecule is CCCCCCOc1c2cc(O)cc1Cc1cc(O)cc(c1OCCCCCC)Cc1cc(O)cc(c1OCCCCCC)Cc1cc(O)cc(c1OCCCCCC)C2. The highest BCUT2D eigenvalue weighted by molar-refractivity contribution is 5.60. The molecular formula is C52H72O8. The van der Waals surface area contributed by atoms with E-state index in [1.165, 1.54) is 0 Å². The normalized spacial score (nSPS) is 12.3. The number of benzene rings is 4. The van der Waals surface area contributed by atoms with Gasteiger partial charge in [-0.1, -0.05) is 105 Å². The van der Waals surface area contributed by atoms with Crippen LogP contribution in [0, 0.1) is 0 Å². The molecule has 8 nitrogen and oxygen atoms in total. The first kappa shape index (κ1) is 46.3. The van der Waals surface area contributed by atoms with Crippen LogP contribution in [0.2, 0.25) is 0 Å². The Labute approximate surface area is 359 Å². The molecule has 60 heavy (non-hydrogen) atoms. The third-order valence-electron chi connectivity index (χ3n) is 11.4. The number of rotatable bonds is 24. The molecule has 0 amide bonds. The maximum Gasteiger partial charge on any atom is 0.126 e. The van der Waals surface area contributed by atoms with Crippen molar-refractivity contribution in [3.05, 3.63) is 93.0 Å². The molecule has 4 N–H and O–H groups in total. The van der Waals surface area contributed by atoms with Gasteiger partial charge in [0.05, 0.1) is 26.4 Å². The minimum atomic E-state index is 0.107. The standard InChI is InChI=1S/C52H72O8/c1-5-9-13-17-21-57-49-37-25-39-31-46(54)33-41(50(39)58-22-18-14-10-6-2)27-43-35-48(56)36-44(52(43)60-24-20-16-12-8-4)28-42-34-47(55)32-40(26-38(49)30-45(53)29-37)51(42)59-23-19-15-11-7-3/h29-36,53-56H,5-28H2,1-4H3. The first-order valence-electron chi connectivity index (χ1n) is 23.1. The van der Waals surface area contributed by atoms with Gasteiger partial charge in [0.15, 0.2) is 0 Å². The lowest BCUT2D eigenvalue weighted by molar-refractivity contribution is 0.292. The highest BCUT2D eigenvalue weighted by Gasteiger charge is 2.24. The number of aromatic hydroxyl groups is 4. The van der Waals surface area contributed by atoms with Gasteiger partial charge < -0.3 is 39.4 Å². The zero-order valence-electron chi connectivity index (χ0n) is 37.0. The molecule has 0 atom stereocenters. The Balaban J connectivity index is 1.73. The van der Waals surface area contributed by atoms with E-state index in [1.807, 2.05) is 0 Å². The molecule has 0 saturated carbocycles. The number of unbranched alkanes of at least 4 members (excludes halogenated alkanes) is 12. The van der Waals surface area contributed by atoms with Gasteiger partial charge in [0, 0.05) is 70.2 Å². The average Bonchev–Trinajstić information content (AvgIpc) is 3.20. The molecule has 8 bridgehead atoms. The van der Waals surface area contributed by atoms with Crippen LogP contribution in [0.1, 0.15) is 175 Å². The topological polar surface area (TPSA) is 118 Å². The summed E-state index contributed by atoms with van der Waals surface area (Å²) in [6.45, 7) is 10.8. The molecule has 0 heterocycles. The van der Waals surface area contributed by atoms with Crippen LogP contribution < -0.4 is 18.9 Å². The molecule has 0 radical (unpaired) electrons. The van der Waals surface area contributed by atoms with E-state index < -0.39 is 0 Å². The lowest BCUT2D eigenvalue weighted by Gasteiger charge is -2.23. The molecule has 0 unspecified atom stereocenters. The molecule has 0 spiro atoms. The van der Waals surface area contributed by atoms with E-state index in [1.54, 1.807) is 48.5 Å². The van der Waals surface area contributed by atoms with Gasteiger partial charge in [-0.2, -0.15) is 0 Å². The first-order valence-corrected chi connectivity index (χ1v) is 23.1. The zero-order valence-corrected chi connectivity index (χ0v) is 37.0. The van der Waals surface area contributed by atoms with E-state index in [2.05, 4.69) is 27.7 Å². The van der Waals surface area contributed by atoms with Gasteiger partial charge in [-0.3, -0.25) is 0 Å². The van der Waals surface area contributed by atoms with Crippen molar-refractivity contribution in [1.82, 2.24) is 0 Å². The van der Waals surface area contributed by atoms with Crippen LogP contribution in [0.3, 0.4) is 0 Å². The van der Waals surface area contributed by atoms with Crippen LogP contribution >= 0.6 is 0 Å². The van der Waals surface area contributed by atoms with Gasteiger partial charge >= 0.3 is 0 Å². The summed E-state index contributed by atoms with van der Waals surface area (Å²) in [6, 6.07) is 14.1. The average molecular weight is 825 g/mol. The predicted molar refractivity (Wildman–Crippen MR) is 242 cm³/mol. The second-order valence-corrected chi connectivity index (χ2v) is 16.7. The van der Waals surface area contributed by atoms with Crippen LogP contribution in [-0.4, -0.2) is 46.9 Å².